The molecule has 0 unspecified atom stereocenters. The number of nitrogens with one attached hydrogen (secondary N) is 2. The predicted octanol–water partition coefficient (Wildman–Crippen LogP) is 4.81. The van der Waals surface area contributed by atoms with Gasteiger partial charge in [0.1, 0.15) is 0 Å². The van der Waals surface area contributed by atoms with Crippen molar-refractivity contribution in [1.82, 2.24) is 5.32 Å². The van der Waals surface area contributed by atoms with Crippen LogP contribution in [0.2, 0.25) is 5.02 Å². The van der Waals surface area contributed by atoms with Crippen LogP contribution in [0.25, 0.3) is 0 Å². The fourth-order valence-corrected chi connectivity index (χ4v) is 2.57. The molecule has 0 bridgehead atoms. The van der Waals surface area contributed by atoms with Crippen LogP contribution in [-0.2, 0) is 6.42 Å². The van der Waals surface area contributed by atoms with Crippen molar-refractivity contribution in [3.05, 3.63) is 64.7 Å². The summed E-state index contributed by atoms with van der Waals surface area (Å²) >= 11 is 11.3. The van der Waals surface area contributed by atoms with Gasteiger partial charge in [-0.05, 0) is 61.0 Å². The second-order valence-electron chi connectivity index (χ2n) is 5.18. The highest BCUT2D eigenvalue weighted by Crippen LogP contribution is 2.22. The fourth-order valence-electron chi connectivity index (χ4n) is 2.18. The molecule has 2 rings (SSSR count). The number of anilines is 1. The van der Waals surface area contributed by atoms with E-state index >= 15 is 0 Å². The van der Waals surface area contributed by atoms with Crippen LogP contribution in [0.5, 0.6) is 0 Å². The van der Waals surface area contributed by atoms with Gasteiger partial charge < -0.3 is 5.32 Å². The van der Waals surface area contributed by atoms with Crippen molar-refractivity contribution in [3.8, 4) is 0 Å². The van der Waals surface area contributed by atoms with Gasteiger partial charge in [-0.25, -0.2) is 0 Å². The highest BCUT2D eigenvalue weighted by molar-refractivity contribution is 7.80. The fraction of sp³-hybridized carbons (Fsp3) is 0.222. The first-order valence-corrected chi connectivity index (χ1v) is 8.34. The largest absolute Gasteiger partial charge is 0.332 e. The lowest BCUT2D eigenvalue weighted by Gasteiger charge is -2.14. The molecule has 1 amide bonds. The summed E-state index contributed by atoms with van der Waals surface area (Å²) in [6, 6.07) is 14.6. The van der Waals surface area contributed by atoms with E-state index in [4.69, 9.17) is 23.8 Å². The number of aryl methyl sites for hydroxylation is 1. The number of carbonyl (C=O) groups is 1. The lowest BCUT2D eigenvalue weighted by atomic mass is 10.1. The molecule has 0 heterocycles. The van der Waals surface area contributed by atoms with Crippen molar-refractivity contribution in [2.75, 3.05) is 5.32 Å². The Morgan fingerprint density at radius 2 is 1.91 bits per heavy atom. The molecule has 0 aliphatic heterocycles. The minimum absolute atomic E-state index is 0.229. The maximum atomic E-state index is 12.1. The number of rotatable bonds is 5. The van der Waals surface area contributed by atoms with Gasteiger partial charge in [-0.2, -0.15) is 0 Å². The van der Waals surface area contributed by atoms with Crippen LogP contribution in [0.4, 0.5) is 5.69 Å². The predicted molar refractivity (Wildman–Crippen MR) is 100 cm³/mol. The zero-order chi connectivity index (χ0) is 16.7. The number of unbranched alkanes of at least 4 members (excludes halogenated alkanes) is 1. The average Bonchev–Trinajstić information content (AvgIpc) is 2.55. The van der Waals surface area contributed by atoms with Crippen molar-refractivity contribution < 1.29 is 4.79 Å². The molecule has 120 valence electrons. The summed E-state index contributed by atoms with van der Waals surface area (Å²) in [6.07, 6.45) is 3.08. The Balaban J connectivity index is 2.04. The molecular formula is C18H19ClN2OS. The number of hydrogen-bond acceptors (Lipinski definition) is 2. The van der Waals surface area contributed by atoms with Crippen LogP contribution < -0.4 is 10.6 Å². The first-order valence-electron chi connectivity index (χ1n) is 7.56. The molecule has 0 fully saturated rings. The Hall–Kier alpha value is -1.91. The van der Waals surface area contributed by atoms with Crippen LogP contribution in [0, 0.1) is 0 Å². The maximum absolute atomic E-state index is 12.1. The van der Waals surface area contributed by atoms with E-state index in [9.17, 15) is 4.79 Å². The number of benzene rings is 2. The summed E-state index contributed by atoms with van der Waals surface area (Å²) in [6.45, 7) is 2.14. The molecule has 0 saturated heterocycles. The third-order valence-corrected chi connectivity index (χ3v) is 3.82. The third kappa shape index (κ3) is 5.34. The van der Waals surface area contributed by atoms with Gasteiger partial charge in [0.05, 0.1) is 0 Å². The van der Waals surface area contributed by atoms with E-state index in [1.165, 1.54) is 0 Å². The van der Waals surface area contributed by atoms with Crippen LogP contribution >= 0.6 is 23.8 Å². The van der Waals surface area contributed by atoms with E-state index in [1.54, 1.807) is 18.2 Å². The Bertz CT molecular complexity index is 689. The van der Waals surface area contributed by atoms with Gasteiger partial charge in [0.15, 0.2) is 5.11 Å². The molecular weight excluding hydrogens is 328 g/mol. The van der Waals surface area contributed by atoms with Gasteiger partial charge in [0, 0.05) is 16.3 Å². The summed E-state index contributed by atoms with van der Waals surface area (Å²) in [5.41, 5.74) is 2.54. The van der Waals surface area contributed by atoms with Crippen LogP contribution in [0.1, 0.15) is 35.7 Å². The second kappa shape index (κ2) is 8.65. The van der Waals surface area contributed by atoms with E-state index in [-0.39, 0.29) is 11.0 Å². The third-order valence-electron chi connectivity index (χ3n) is 3.38. The molecule has 2 aromatic rings. The zero-order valence-corrected chi connectivity index (χ0v) is 14.5. The lowest BCUT2D eigenvalue weighted by Crippen LogP contribution is -2.34. The topological polar surface area (TPSA) is 41.1 Å². The van der Waals surface area contributed by atoms with Gasteiger partial charge in [-0.1, -0.05) is 43.1 Å². The summed E-state index contributed by atoms with van der Waals surface area (Å²) in [7, 11) is 0. The molecule has 2 aromatic carbocycles. The molecule has 23 heavy (non-hydrogen) atoms. The van der Waals surface area contributed by atoms with E-state index in [0.29, 0.717) is 10.6 Å². The van der Waals surface area contributed by atoms with Gasteiger partial charge >= 0.3 is 0 Å². The van der Waals surface area contributed by atoms with Gasteiger partial charge in [-0.3, -0.25) is 10.1 Å². The van der Waals surface area contributed by atoms with Gasteiger partial charge in [-0.15, -0.1) is 0 Å². The molecule has 3 nitrogen and oxygen atoms in total. The van der Waals surface area contributed by atoms with Crippen LogP contribution in [0.3, 0.4) is 0 Å². The minimum atomic E-state index is -0.229. The van der Waals surface area contributed by atoms with E-state index in [0.717, 1.165) is 30.5 Å². The molecule has 0 aliphatic rings. The molecule has 0 aliphatic carbocycles. The molecule has 2 N–H and O–H groups in total. The minimum Gasteiger partial charge on any atom is -0.332 e. The Morgan fingerprint density at radius 1 is 1.17 bits per heavy atom. The SMILES string of the molecule is CCCCc1cc(Cl)ccc1NC(=S)NC(=O)c1ccccc1. The summed E-state index contributed by atoms with van der Waals surface area (Å²) in [4.78, 5) is 12.1. The molecule has 5 heteroatoms. The highest BCUT2D eigenvalue weighted by Gasteiger charge is 2.09. The van der Waals surface area contributed by atoms with Gasteiger partial charge in [0.2, 0.25) is 0 Å². The molecule has 0 aromatic heterocycles. The standard InChI is InChI=1S/C18H19ClN2OS/c1-2-3-7-14-12-15(19)10-11-16(14)20-18(23)21-17(22)13-8-5-4-6-9-13/h4-6,8-12H,2-3,7H2,1H3,(H2,20,21,22,23). The summed E-state index contributed by atoms with van der Waals surface area (Å²) in [5.74, 6) is -0.229. The number of amides is 1. The first kappa shape index (κ1) is 17.4. The molecule has 0 spiro atoms. The Kier molecular flexibility index (Phi) is 6.56. The normalized spacial score (nSPS) is 10.2. The van der Waals surface area contributed by atoms with E-state index in [2.05, 4.69) is 17.6 Å². The van der Waals surface area contributed by atoms with Crippen molar-refractivity contribution in [1.29, 1.82) is 0 Å². The molecule has 0 saturated carbocycles. The highest BCUT2D eigenvalue weighted by atomic mass is 35.5. The number of thiocarbonyl (C=S) groups is 1. The lowest BCUT2D eigenvalue weighted by molar-refractivity contribution is 0.0977. The van der Waals surface area contributed by atoms with E-state index < -0.39 is 0 Å². The molecule has 0 radical (unpaired) electrons. The van der Waals surface area contributed by atoms with Crippen molar-refractivity contribution in [2.24, 2.45) is 0 Å². The average molecular weight is 347 g/mol. The molecule has 0 atom stereocenters. The zero-order valence-electron chi connectivity index (χ0n) is 12.9. The summed E-state index contributed by atoms with van der Waals surface area (Å²) < 4.78 is 0. The number of halogens is 1. The number of carbonyl (C=O) groups excluding carboxylic acids is 1. The maximum Gasteiger partial charge on any atom is 0.257 e. The Morgan fingerprint density at radius 3 is 2.61 bits per heavy atom. The Labute approximate surface area is 147 Å². The van der Waals surface area contributed by atoms with Crippen LogP contribution in [0.15, 0.2) is 48.5 Å². The van der Waals surface area contributed by atoms with Gasteiger partial charge in [0.25, 0.3) is 5.91 Å². The first-order chi connectivity index (χ1) is 11.1. The van der Waals surface area contributed by atoms with Crippen molar-refractivity contribution in [2.45, 2.75) is 26.2 Å². The van der Waals surface area contributed by atoms with Crippen LogP contribution in [-0.4, -0.2) is 11.0 Å². The number of hydrogen-bond donors (Lipinski definition) is 2. The quantitative estimate of drug-likeness (QED) is 0.763. The van der Waals surface area contributed by atoms with Crippen molar-refractivity contribution >= 4 is 40.5 Å². The van der Waals surface area contributed by atoms with E-state index in [1.807, 2.05) is 30.3 Å². The van der Waals surface area contributed by atoms with Crippen molar-refractivity contribution in [3.63, 3.8) is 0 Å². The smallest absolute Gasteiger partial charge is 0.257 e. The monoisotopic (exact) mass is 346 g/mol. The second-order valence-corrected chi connectivity index (χ2v) is 6.02. The summed E-state index contributed by atoms with van der Waals surface area (Å²) in [5, 5.41) is 6.75.